The topological polar surface area (TPSA) is 41.7 Å². The fourth-order valence-corrected chi connectivity index (χ4v) is 2.69. The van der Waals surface area contributed by atoms with Gasteiger partial charge in [0.05, 0.1) is 6.04 Å². The highest BCUT2D eigenvalue weighted by Gasteiger charge is 2.41. The smallest absolute Gasteiger partial charge is 0.159 e. The Kier molecular flexibility index (Phi) is 3.99. The number of rotatable bonds is 3. The molecule has 0 aromatic rings. The molecule has 0 bridgehead atoms. The predicted molar refractivity (Wildman–Crippen MR) is 69.7 cm³/mol. The van der Waals surface area contributed by atoms with Crippen molar-refractivity contribution in [2.75, 3.05) is 39.8 Å². The second kappa shape index (κ2) is 5.31. The quantitative estimate of drug-likeness (QED) is 0.772. The van der Waals surface area contributed by atoms with Crippen LogP contribution in [0.15, 0.2) is 24.3 Å². The molecule has 96 valence electrons. The first-order chi connectivity index (χ1) is 8.23. The van der Waals surface area contributed by atoms with Crippen LogP contribution in [0.1, 0.15) is 6.92 Å². The van der Waals surface area contributed by atoms with E-state index in [-0.39, 0.29) is 6.04 Å². The van der Waals surface area contributed by atoms with Crippen molar-refractivity contribution in [1.82, 2.24) is 9.80 Å². The van der Waals surface area contributed by atoms with Crippen molar-refractivity contribution in [3.63, 3.8) is 0 Å². The summed E-state index contributed by atoms with van der Waals surface area (Å²) in [5.41, 5.74) is 5.75. The molecule has 0 amide bonds. The lowest BCUT2D eigenvalue weighted by Crippen LogP contribution is -2.64. The second-order valence-electron chi connectivity index (χ2n) is 4.65. The maximum atomic E-state index is 6.20. The Morgan fingerprint density at radius 3 is 2.53 bits per heavy atom. The van der Waals surface area contributed by atoms with Crippen LogP contribution in [-0.4, -0.2) is 61.4 Å². The minimum atomic E-state index is -0.450. The van der Waals surface area contributed by atoms with Crippen molar-refractivity contribution in [3.05, 3.63) is 24.3 Å². The van der Waals surface area contributed by atoms with Crippen LogP contribution in [0.3, 0.4) is 0 Å². The number of nitrogens with zero attached hydrogens (tertiary/aromatic N) is 2. The van der Waals surface area contributed by atoms with Crippen LogP contribution in [0.5, 0.6) is 0 Å². The molecule has 0 spiro atoms. The van der Waals surface area contributed by atoms with E-state index in [4.69, 9.17) is 10.5 Å². The van der Waals surface area contributed by atoms with E-state index in [9.17, 15) is 0 Å². The van der Waals surface area contributed by atoms with Crippen molar-refractivity contribution in [3.8, 4) is 0 Å². The van der Waals surface area contributed by atoms with Gasteiger partial charge in [0.2, 0.25) is 0 Å². The van der Waals surface area contributed by atoms with E-state index >= 15 is 0 Å². The highest BCUT2D eigenvalue weighted by atomic mass is 16.5. The third kappa shape index (κ3) is 2.31. The molecule has 2 N–H and O–H groups in total. The predicted octanol–water partition coefficient (Wildman–Crippen LogP) is 0.420. The van der Waals surface area contributed by atoms with E-state index in [1.165, 1.54) is 0 Å². The molecule has 1 fully saturated rings. The van der Waals surface area contributed by atoms with Gasteiger partial charge in [-0.2, -0.15) is 0 Å². The zero-order valence-electron chi connectivity index (χ0n) is 10.8. The summed E-state index contributed by atoms with van der Waals surface area (Å²) >= 11 is 0. The molecule has 0 aromatic heterocycles. The van der Waals surface area contributed by atoms with Gasteiger partial charge in [0.25, 0.3) is 0 Å². The summed E-state index contributed by atoms with van der Waals surface area (Å²) in [6.07, 6.45) is 8.11. The van der Waals surface area contributed by atoms with E-state index in [1.807, 2.05) is 18.2 Å². The average Bonchev–Trinajstić information content (AvgIpc) is 2.40. The number of piperazine rings is 1. The van der Waals surface area contributed by atoms with E-state index in [1.54, 1.807) is 7.11 Å². The number of ether oxygens (including phenoxy) is 1. The number of hydrogen-bond acceptors (Lipinski definition) is 4. The Morgan fingerprint density at radius 2 is 2.00 bits per heavy atom. The molecule has 1 aliphatic carbocycles. The molecule has 0 saturated carbocycles. The maximum absolute atomic E-state index is 6.20. The van der Waals surface area contributed by atoms with Gasteiger partial charge in [-0.1, -0.05) is 25.2 Å². The van der Waals surface area contributed by atoms with E-state index in [0.29, 0.717) is 0 Å². The molecule has 2 unspecified atom stereocenters. The Hall–Kier alpha value is -0.680. The number of hydrogen-bond donors (Lipinski definition) is 1. The minimum absolute atomic E-state index is 0.0920. The van der Waals surface area contributed by atoms with Crippen LogP contribution in [0.4, 0.5) is 0 Å². The van der Waals surface area contributed by atoms with E-state index < -0.39 is 5.72 Å². The summed E-state index contributed by atoms with van der Waals surface area (Å²) in [6.45, 7) is 7.52. The lowest BCUT2D eigenvalue weighted by atomic mass is 9.96. The largest absolute Gasteiger partial charge is 0.358 e. The molecule has 2 atom stereocenters. The molecule has 17 heavy (non-hydrogen) atoms. The van der Waals surface area contributed by atoms with Crippen molar-refractivity contribution < 1.29 is 4.74 Å². The van der Waals surface area contributed by atoms with Gasteiger partial charge in [0, 0.05) is 33.3 Å². The van der Waals surface area contributed by atoms with Crippen molar-refractivity contribution in [2.24, 2.45) is 5.73 Å². The van der Waals surface area contributed by atoms with Gasteiger partial charge in [-0.25, -0.2) is 0 Å². The summed E-state index contributed by atoms with van der Waals surface area (Å²) in [7, 11) is 1.75. The summed E-state index contributed by atoms with van der Waals surface area (Å²) in [6, 6.07) is -0.0920. The first kappa shape index (κ1) is 12.8. The van der Waals surface area contributed by atoms with Crippen LogP contribution < -0.4 is 5.73 Å². The Morgan fingerprint density at radius 1 is 1.29 bits per heavy atom. The van der Waals surface area contributed by atoms with Crippen molar-refractivity contribution >= 4 is 0 Å². The molecule has 1 aliphatic heterocycles. The van der Waals surface area contributed by atoms with Gasteiger partial charge in [0.15, 0.2) is 5.72 Å². The molecular formula is C13H23N3O. The number of allylic oxidation sites excluding steroid dienone is 2. The SMILES string of the molecule is CCN1CCN(C2(OC)C=CC=CC2N)CC1. The molecule has 4 nitrogen and oxygen atoms in total. The third-order valence-electron chi connectivity index (χ3n) is 3.88. The van der Waals surface area contributed by atoms with E-state index in [0.717, 1.165) is 32.7 Å². The summed E-state index contributed by atoms with van der Waals surface area (Å²) in [5.74, 6) is 0. The molecular weight excluding hydrogens is 214 g/mol. The molecule has 1 saturated heterocycles. The monoisotopic (exact) mass is 237 g/mol. The lowest BCUT2D eigenvalue weighted by molar-refractivity contribution is -0.121. The van der Waals surface area contributed by atoms with Gasteiger partial charge in [-0.3, -0.25) is 4.90 Å². The number of likely N-dealkylation sites (N-methyl/N-ethyl adjacent to an activating group) is 1. The number of nitrogens with two attached hydrogens (primary N) is 1. The second-order valence-corrected chi connectivity index (χ2v) is 4.65. The molecule has 4 heteroatoms. The Labute approximate surface area is 104 Å². The molecule has 1 heterocycles. The van der Waals surface area contributed by atoms with Gasteiger partial charge < -0.3 is 15.4 Å². The van der Waals surface area contributed by atoms with Gasteiger partial charge >= 0.3 is 0 Å². The fourth-order valence-electron chi connectivity index (χ4n) is 2.69. The maximum Gasteiger partial charge on any atom is 0.159 e. The Balaban J connectivity index is 2.09. The first-order valence-electron chi connectivity index (χ1n) is 6.37. The molecule has 2 rings (SSSR count). The van der Waals surface area contributed by atoms with Gasteiger partial charge in [-0.05, 0) is 12.6 Å². The fraction of sp³-hybridized carbons (Fsp3) is 0.692. The standard InChI is InChI=1S/C13H23N3O/c1-3-15-8-10-16(11-9-15)13(17-2)7-5-4-6-12(13)14/h4-7,12H,3,8-11,14H2,1-2H3. The first-order valence-corrected chi connectivity index (χ1v) is 6.37. The van der Waals surface area contributed by atoms with Crippen LogP contribution in [-0.2, 0) is 4.74 Å². The molecule has 2 aliphatic rings. The Bertz CT molecular complexity index is 308. The summed E-state index contributed by atoms with van der Waals surface area (Å²) in [4.78, 5) is 4.80. The van der Waals surface area contributed by atoms with Gasteiger partial charge in [-0.15, -0.1) is 0 Å². The van der Waals surface area contributed by atoms with Crippen molar-refractivity contribution in [1.29, 1.82) is 0 Å². The van der Waals surface area contributed by atoms with E-state index in [2.05, 4.69) is 22.8 Å². The highest BCUT2D eigenvalue weighted by molar-refractivity contribution is 5.24. The minimum Gasteiger partial charge on any atom is -0.358 e. The van der Waals surface area contributed by atoms with Gasteiger partial charge in [0.1, 0.15) is 0 Å². The average molecular weight is 237 g/mol. The van der Waals surface area contributed by atoms with Crippen LogP contribution in [0, 0.1) is 0 Å². The molecule has 0 aromatic carbocycles. The highest BCUT2D eigenvalue weighted by Crippen LogP contribution is 2.26. The summed E-state index contributed by atoms with van der Waals surface area (Å²) < 4.78 is 5.74. The summed E-state index contributed by atoms with van der Waals surface area (Å²) in [5, 5.41) is 0. The zero-order valence-corrected chi connectivity index (χ0v) is 10.8. The zero-order chi connectivity index (χ0) is 12.3. The van der Waals surface area contributed by atoms with Crippen LogP contribution in [0.25, 0.3) is 0 Å². The molecule has 0 radical (unpaired) electrons. The van der Waals surface area contributed by atoms with Crippen LogP contribution >= 0.6 is 0 Å². The normalized spacial score (nSPS) is 35.4. The van der Waals surface area contributed by atoms with Crippen LogP contribution in [0.2, 0.25) is 0 Å². The lowest BCUT2D eigenvalue weighted by Gasteiger charge is -2.48. The third-order valence-corrected chi connectivity index (χ3v) is 3.88. The van der Waals surface area contributed by atoms with Crippen molar-refractivity contribution in [2.45, 2.75) is 18.7 Å². The number of methoxy groups -OCH3 is 1.